The highest BCUT2D eigenvalue weighted by molar-refractivity contribution is 6.37. The van der Waals surface area contributed by atoms with E-state index in [9.17, 15) is 33.9 Å². The number of aromatic amines is 1. The van der Waals surface area contributed by atoms with Crippen molar-refractivity contribution in [1.82, 2.24) is 40.8 Å². The van der Waals surface area contributed by atoms with Crippen molar-refractivity contribution in [2.45, 2.75) is 108 Å². The minimum absolute atomic E-state index is 0.00362. The van der Waals surface area contributed by atoms with Crippen LogP contribution in [0.2, 0.25) is 0 Å². The van der Waals surface area contributed by atoms with Crippen molar-refractivity contribution in [1.29, 1.82) is 0 Å². The molecule has 2 aliphatic rings. The van der Waals surface area contributed by atoms with Crippen LogP contribution < -0.4 is 21.7 Å². The average molecular weight is 736 g/mol. The Morgan fingerprint density at radius 1 is 1.04 bits per heavy atom. The second-order valence-corrected chi connectivity index (χ2v) is 14.6. The number of hydrogen-bond donors (Lipinski definition) is 7. The normalized spacial score (nSPS) is 19.0. The van der Waals surface area contributed by atoms with Crippen molar-refractivity contribution in [2.24, 2.45) is 11.7 Å². The average Bonchev–Trinajstić information content (AvgIpc) is 3.90. The van der Waals surface area contributed by atoms with Crippen LogP contribution >= 0.6 is 0 Å². The van der Waals surface area contributed by atoms with E-state index < -0.39 is 65.3 Å². The largest absolute Gasteiger partial charge is 0.465 e. The molecule has 4 atom stereocenters. The molecule has 286 valence electrons. The number of primary amides is 1. The Balaban J connectivity index is 1.43. The first-order valence-corrected chi connectivity index (χ1v) is 18.1. The number of carboxylic acid groups (broad SMARTS) is 1. The minimum Gasteiger partial charge on any atom is -0.465 e. The molecule has 5 rings (SSSR count). The molecule has 1 unspecified atom stereocenters. The highest BCUT2D eigenvalue weighted by atomic mass is 16.4. The van der Waals surface area contributed by atoms with Crippen LogP contribution in [0.15, 0.2) is 36.7 Å². The van der Waals surface area contributed by atoms with Gasteiger partial charge in [-0.3, -0.25) is 24.0 Å². The molecule has 1 aliphatic heterocycles. The SMILES string of the molecule is CC(C)(O)c1cnnn1[C@H]1C[C@@H](C(=O)NC(CCCCNC(=O)O)C(=O)C(N)=O)N(C(=O)[C@@H](CC2CCCCC2)NC(=O)c2ccc3cc[nH]c3c2)C1. The second kappa shape index (κ2) is 17.0. The second-order valence-electron chi connectivity index (χ2n) is 14.6. The summed E-state index contributed by atoms with van der Waals surface area (Å²) >= 11 is 0. The number of rotatable bonds is 16. The number of benzene rings is 1. The Morgan fingerprint density at radius 3 is 2.49 bits per heavy atom. The predicted molar refractivity (Wildman–Crippen MR) is 191 cm³/mol. The van der Waals surface area contributed by atoms with Gasteiger partial charge in [-0.25, -0.2) is 9.48 Å². The molecular weight excluding hydrogens is 686 g/mol. The van der Waals surface area contributed by atoms with Gasteiger partial charge in [-0.05, 0) is 69.0 Å². The van der Waals surface area contributed by atoms with E-state index in [0.717, 1.165) is 43.0 Å². The zero-order chi connectivity index (χ0) is 38.3. The number of nitrogens with two attached hydrogens (primary N) is 1. The zero-order valence-electron chi connectivity index (χ0n) is 30.0. The van der Waals surface area contributed by atoms with Gasteiger partial charge in [-0.1, -0.05) is 43.4 Å². The number of aromatic nitrogens is 4. The molecule has 2 aromatic heterocycles. The Hall–Kier alpha value is -5.32. The van der Waals surface area contributed by atoms with E-state index in [2.05, 4.69) is 31.2 Å². The molecule has 0 radical (unpaired) electrons. The number of unbranched alkanes of at least 4 members (excludes halogenated alkanes) is 1. The van der Waals surface area contributed by atoms with E-state index in [1.54, 1.807) is 32.2 Å². The summed E-state index contributed by atoms with van der Waals surface area (Å²) in [4.78, 5) is 82.7. The van der Waals surface area contributed by atoms with Crippen molar-refractivity contribution >= 4 is 46.4 Å². The third-order valence-electron chi connectivity index (χ3n) is 10.2. The van der Waals surface area contributed by atoms with E-state index in [-0.39, 0.29) is 38.3 Å². The maximum absolute atomic E-state index is 14.7. The Labute approximate surface area is 306 Å². The maximum atomic E-state index is 14.7. The van der Waals surface area contributed by atoms with E-state index in [0.29, 0.717) is 24.1 Å². The fourth-order valence-electron chi connectivity index (χ4n) is 7.42. The molecule has 53 heavy (non-hydrogen) atoms. The van der Waals surface area contributed by atoms with Gasteiger partial charge in [0.1, 0.15) is 17.7 Å². The number of carbonyl (C=O) groups is 6. The smallest absolute Gasteiger partial charge is 0.404 e. The fraction of sp³-hybridized carbons (Fsp3) is 0.556. The van der Waals surface area contributed by atoms with E-state index in [4.69, 9.17) is 10.8 Å². The summed E-state index contributed by atoms with van der Waals surface area (Å²) in [5.74, 6) is -3.76. The molecule has 1 aliphatic carbocycles. The number of ketones is 1. The van der Waals surface area contributed by atoms with Gasteiger partial charge in [-0.2, -0.15) is 0 Å². The topological polar surface area (TPSA) is 255 Å². The number of Topliss-reactive ketones (excluding diaryl/α,β-unsaturated/α-hetero) is 1. The summed E-state index contributed by atoms with van der Waals surface area (Å²) in [7, 11) is 0. The van der Waals surface area contributed by atoms with Crippen LogP contribution in [0.1, 0.15) is 100 Å². The third kappa shape index (κ3) is 9.77. The van der Waals surface area contributed by atoms with Gasteiger partial charge < -0.3 is 41.8 Å². The molecule has 8 N–H and O–H groups in total. The molecule has 0 spiro atoms. The van der Waals surface area contributed by atoms with E-state index in [1.165, 1.54) is 15.8 Å². The van der Waals surface area contributed by atoms with Gasteiger partial charge in [0.05, 0.1) is 24.0 Å². The molecule has 1 saturated carbocycles. The Morgan fingerprint density at radius 2 is 1.79 bits per heavy atom. The molecule has 17 nitrogen and oxygen atoms in total. The highest BCUT2D eigenvalue weighted by Gasteiger charge is 2.45. The number of aliphatic hydroxyl groups is 1. The first kappa shape index (κ1) is 38.9. The summed E-state index contributed by atoms with van der Waals surface area (Å²) in [5.41, 5.74) is 5.45. The van der Waals surface area contributed by atoms with E-state index in [1.807, 2.05) is 12.1 Å². The minimum atomic E-state index is -1.36. The van der Waals surface area contributed by atoms with Crippen molar-refractivity contribution in [3.05, 3.63) is 47.9 Å². The molecule has 0 bridgehead atoms. The monoisotopic (exact) mass is 735 g/mol. The lowest BCUT2D eigenvalue weighted by Crippen LogP contribution is -2.56. The lowest BCUT2D eigenvalue weighted by molar-refractivity contribution is -0.142. The lowest BCUT2D eigenvalue weighted by atomic mass is 9.84. The molecule has 1 aromatic carbocycles. The molecule has 1 saturated heterocycles. The number of carbonyl (C=O) groups excluding carboxylic acids is 5. The first-order valence-electron chi connectivity index (χ1n) is 18.1. The van der Waals surface area contributed by atoms with Crippen LogP contribution in [0.25, 0.3) is 10.9 Å². The predicted octanol–water partition coefficient (Wildman–Crippen LogP) is 1.87. The van der Waals surface area contributed by atoms with Crippen LogP contribution in [-0.2, 0) is 24.8 Å². The number of nitrogens with one attached hydrogen (secondary N) is 4. The number of H-pyrrole nitrogens is 1. The summed E-state index contributed by atoms with van der Waals surface area (Å²) in [6, 6.07) is 3.01. The third-order valence-corrected chi connectivity index (χ3v) is 10.2. The molecule has 2 fully saturated rings. The van der Waals surface area contributed by atoms with Crippen molar-refractivity contribution in [3.63, 3.8) is 0 Å². The first-order chi connectivity index (χ1) is 25.2. The summed E-state index contributed by atoms with van der Waals surface area (Å²) < 4.78 is 1.48. The van der Waals surface area contributed by atoms with Gasteiger partial charge >= 0.3 is 6.09 Å². The Kier molecular flexibility index (Phi) is 12.5. The molecule has 3 heterocycles. The van der Waals surface area contributed by atoms with Gasteiger partial charge in [0, 0.05) is 36.8 Å². The molecule has 5 amide bonds. The number of amides is 5. The Bertz CT molecular complexity index is 1810. The van der Waals surface area contributed by atoms with Crippen LogP contribution in [0.3, 0.4) is 0 Å². The summed E-state index contributed by atoms with van der Waals surface area (Å²) in [5, 5.41) is 36.6. The highest BCUT2D eigenvalue weighted by Crippen LogP contribution is 2.33. The van der Waals surface area contributed by atoms with Crippen molar-refractivity contribution in [3.8, 4) is 0 Å². The van der Waals surface area contributed by atoms with Crippen LogP contribution in [-0.4, -0.2) is 102 Å². The molecular formula is C36H49N9O8. The van der Waals surface area contributed by atoms with Gasteiger partial charge in [0.25, 0.3) is 11.8 Å². The number of likely N-dealkylation sites (tertiary alicyclic amines) is 1. The standard InChI is InChI=1S/C36H49N9O8/c1-36(2,53)29-19-40-43-45(29)24-18-28(33(49)41-25(30(46)31(37)47)10-6-7-14-39-35(51)52)44(20-24)34(50)27(16-21-8-4-3-5-9-21)42-32(48)23-12-11-22-13-15-38-26(22)17-23/h11-13,15,17,19,21,24-25,27-28,38-39,53H,3-10,14,16,18,20H2,1-2H3,(H2,37,47)(H,41,49)(H,42,48)(H,51,52)/t24-,25?,27+,28-/m0/s1. The molecule has 3 aromatic rings. The summed E-state index contributed by atoms with van der Waals surface area (Å²) in [6.45, 7) is 3.21. The van der Waals surface area contributed by atoms with Gasteiger partial charge in [-0.15, -0.1) is 5.10 Å². The van der Waals surface area contributed by atoms with Crippen LogP contribution in [0, 0.1) is 5.92 Å². The summed E-state index contributed by atoms with van der Waals surface area (Å²) in [6.07, 6.45) is 7.86. The maximum Gasteiger partial charge on any atom is 0.404 e. The van der Waals surface area contributed by atoms with Gasteiger partial charge in [0.15, 0.2) is 0 Å². The van der Waals surface area contributed by atoms with E-state index >= 15 is 0 Å². The number of hydrogen-bond acceptors (Lipinski definition) is 9. The van der Waals surface area contributed by atoms with Crippen LogP contribution in [0.4, 0.5) is 4.79 Å². The number of nitrogens with zero attached hydrogens (tertiary/aromatic N) is 4. The number of fused-ring (bicyclic) bond motifs is 1. The fourth-order valence-corrected chi connectivity index (χ4v) is 7.42. The zero-order valence-corrected chi connectivity index (χ0v) is 30.0. The lowest BCUT2D eigenvalue weighted by Gasteiger charge is -2.32. The van der Waals surface area contributed by atoms with Crippen molar-refractivity contribution in [2.75, 3.05) is 13.1 Å². The van der Waals surface area contributed by atoms with Gasteiger partial charge in [0.2, 0.25) is 17.6 Å². The quantitative estimate of drug-likeness (QED) is 0.0830. The molecule has 17 heteroatoms. The van der Waals surface area contributed by atoms with Crippen molar-refractivity contribution < 1.29 is 39.0 Å². The van der Waals surface area contributed by atoms with Crippen LogP contribution in [0.5, 0.6) is 0 Å².